The van der Waals surface area contributed by atoms with Crippen LogP contribution >= 0.6 is 11.6 Å². The summed E-state index contributed by atoms with van der Waals surface area (Å²) in [7, 11) is 3.18. The van der Waals surface area contributed by atoms with Gasteiger partial charge >= 0.3 is 0 Å². The average Bonchev–Trinajstić information content (AvgIpc) is 2.95. The molecule has 1 amide bonds. The second kappa shape index (κ2) is 11.4. The quantitative estimate of drug-likeness (QED) is 0.283. The Morgan fingerprint density at radius 3 is 2.42 bits per heavy atom. The van der Waals surface area contributed by atoms with Crippen LogP contribution in [0.4, 0.5) is 0 Å². The van der Waals surface area contributed by atoms with Crippen molar-refractivity contribution in [2.24, 2.45) is 17.6 Å². The van der Waals surface area contributed by atoms with Gasteiger partial charge < -0.3 is 26.2 Å². The van der Waals surface area contributed by atoms with Gasteiger partial charge in [-0.15, -0.1) is 0 Å². The largest absolute Gasteiger partial charge is 0.510 e. The number of nitrogens with two attached hydrogens (primary N) is 1. The van der Waals surface area contributed by atoms with E-state index in [-0.39, 0.29) is 29.7 Å². The van der Waals surface area contributed by atoms with Gasteiger partial charge in [0.2, 0.25) is 5.78 Å². The molecule has 0 aliphatic heterocycles. The lowest BCUT2D eigenvalue weighted by molar-refractivity contribution is -0.148. The number of allylic oxidation sites excluding steroid dienone is 1. The Balaban J connectivity index is 1.53. The van der Waals surface area contributed by atoms with Crippen LogP contribution in [-0.4, -0.2) is 86.5 Å². The van der Waals surface area contributed by atoms with Gasteiger partial charge in [0.05, 0.1) is 11.6 Å². The Morgan fingerprint density at radius 1 is 1.14 bits per heavy atom. The van der Waals surface area contributed by atoms with Crippen molar-refractivity contribution in [1.29, 1.82) is 0 Å². The number of rotatable bonds is 8. The first-order chi connectivity index (χ1) is 20.3. The van der Waals surface area contributed by atoms with Gasteiger partial charge in [-0.25, -0.2) is 0 Å². The number of amides is 1. The molecule has 0 saturated carbocycles. The molecule has 2 aromatic carbocycles. The number of benzene rings is 2. The Labute approximate surface area is 254 Å². The molecule has 0 radical (unpaired) electrons. The number of aromatic hydroxyl groups is 1. The second-order valence-electron chi connectivity index (χ2n) is 11.8. The lowest BCUT2D eigenvalue weighted by Crippen LogP contribution is -2.63. The Bertz CT molecular complexity index is 1570. The summed E-state index contributed by atoms with van der Waals surface area (Å²) in [6, 6.07) is 10.5. The van der Waals surface area contributed by atoms with Crippen molar-refractivity contribution < 1.29 is 34.8 Å². The number of Topliss-reactive ketones (excluding diaryl/α,β-unsaturated/α-hetero) is 2. The van der Waals surface area contributed by atoms with Crippen LogP contribution in [0.1, 0.15) is 40.4 Å². The minimum absolute atomic E-state index is 0.00520. The topological polar surface area (TPSA) is 165 Å². The minimum Gasteiger partial charge on any atom is -0.510 e. The molecular formula is C32H36ClN3O7. The highest BCUT2D eigenvalue weighted by molar-refractivity contribution is 6.33. The van der Waals surface area contributed by atoms with Crippen molar-refractivity contribution in [3.63, 3.8) is 0 Å². The lowest BCUT2D eigenvalue weighted by Gasteiger charge is -2.50. The number of ketones is 2. The molecule has 3 aliphatic carbocycles. The molecule has 0 fully saturated rings. The molecule has 0 spiro atoms. The van der Waals surface area contributed by atoms with Gasteiger partial charge in [-0.2, -0.15) is 0 Å². The molecule has 6 N–H and O–H groups in total. The summed E-state index contributed by atoms with van der Waals surface area (Å²) in [5.74, 6) is -6.89. The van der Waals surface area contributed by atoms with Gasteiger partial charge in [-0.05, 0) is 68.6 Å². The SMILES string of the molecule is CCN(CCc1ccccc1)Cc1cc(O)c2c(c1Cl)C[C@H]1C[C@H]3[C@H](N(C)C)C(O)=C(C(N)=O)C(=O)[C@@]3(O)C(O)=C1C2=O. The number of fused-ring (bicyclic) bond motifs is 3. The zero-order valence-electron chi connectivity index (χ0n) is 24.3. The molecule has 5 rings (SSSR count). The van der Waals surface area contributed by atoms with Gasteiger partial charge in [-0.3, -0.25) is 24.2 Å². The smallest absolute Gasteiger partial charge is 0.255 e. The minimum atomic E-state index is -2.68. The van der Waals surface area contributed by atoms with Gasteiger partial charge in [0.25, 0.3) is 5.91 Å². The molecule has 4 atom stereocenters. The highest BCUT2D eigenvalue weighted by atomic mass is 35.5. The van der Waals surface area contributed by atoms with Crippen molar-refractivity contribution in [2.45, 2.75) is 44.4 Å². The molecule has 0 saturated heterocycles. The number of aliphatic hydroxyl groups excluding tert-OH is 2. The Hall–Kier alpha value is -3.70. The van der Waals surface area contributed by atoms with E-state index in [1.165, 1.54) is 16.5 Å². The predicted octanol–water partition coefficient (Wildman–Crippen LogP) is 2.84. The molecule has 10 nitrogen and oxygen atoms in total. The van der Waals surface area contributed by atoms with Crippen molar-refractivity contribution >= 4 is 29.1 Å². The third kappa shape index (κ3) is 4.92. The summed E-state index contributed by atoms with van der Waals surface area (Å²) in [4.78, 5) is 43.1. The zero-order valence-corrected chi connectivity index (χ0v) is 25.1. The standard InChI is InChI=1S/C32H36ClN3O7/c1-4-36(11-10-16-8-6-5-7-9-16)15-18-14-21(37)23-19(25(18)33)12-17-13-20-26(35(2)3)28(39)24(31(34)42)30(41)32(20,43)29(40)22(17)27(23)38/h5-9,14,17,20,26,37,39-40,43H,4,10-13,15H2,1-3H3,(H2,34,42)/t17-,20-,26-,32-/m0/s1. The van der Waals surface area contributed by atoms with Crippen molar-refractivity contribution in [3.8, 4) is 5.75 Å². The first kappa shape index (κ1) is 30.7. The molecule has 3 aliphatic rings. The molecule has 0 bridgehead atoms. The van der Waals surface area contributed by atoms with Crippen LogP contribution < -0.4 is 5.73 Å². The number of phenols is 1. The first-order valence-electron chi connectivity index (χ1n) is 14.3. The first-order valence-corrected chi connectivity index (χ1v) is 14.6. The van der Waals surface area contributed by atoms with E-state index in [0.29, 0.717) is 22.7 Å². The number of hydrogen-bond donors (Lipinski definition) is 5. The molecule has 0 heterocycles. The van der Waals surface area contributed by atoms with Crippen LogP contribution in [-0.2, 0) is 29.0 Å². The van der Waals surface area contributed by atoms with E-state index >= 15 is 0 Å². The summed E-state index contributed by atoms with van der Waals surface area (Å²) >= 11 is 6.91. The van der Waals surface area contributed by atoms with Crippen molar-refractivity contribution in [2.75, 3.05) is 27.2 Å². The van der Waals surface area contributed by atoms with Crippen LogP contribution in [0.5, 0.6) is 5.75 Å². The molecule has 228 valence electrons. The summed E-state index contributed by atoms with van der Waals surface area (Å²) in [5, 5.41) is 45.5. The number of aliphatic hydroxyl groups is 3. The maximum absolute atomic E-state index is 13.9. The molecule has 0 unspecified atom stereocenters. The van der Waals surface area contributed by atoms with Crippen molar-refractivity contribution in [1.82, 2.24) is 9.80 Å². The summed E-state index contributed by atoms with van der Waals surface area (Å²) < 4.78 is 0. The highest BCUT2D eigenvalue weighted by Gasteiger charge is 2.63. The van der Waals surface area contributed by atoms with E-state index in [4.69, 9.17) is 17.3 Å². The summed E-state index contributed by atoms with van der Waals surface area (Å²) in [6.07, 6.45) is 0.974. The van der Waals surface area contributed by atoms with Gasteiger partial charge in [0, 0.05) is 29.6 Å². The maximum atomic E-state index is 13.9. The molecular weight excluding hydrogens is 574 g/mol. The molecule has 11 heteroatoms. The van der Waals surface area contributed by atoms with E-state index in [9.17, 15) is 34.8 Å². The molecule has 0 aromatic heterocycles. The van der Waals surface area contributed by atoms with Crippen LogP contribution in [0.2, 0.25) is 5.02 Å². The fourth-order valence-corrected chi connectivity index (χ4v) is 7.28. The lowest BCUT2D eigenvalue weighted by atomic mass is 9.58. The van der Waals surface area contributed by atoms with Crippen LogP contribution in [0, 0.1) is 11.8 Å². The van der Waals surface area contributed by atoms with E-state index in [0.717, 1.165) is 19.5 Å². The van der Waals surface area contributed by atoms with E-state index < -0.39 is 58.0 Å². The predicted molar refractivity (Wildman–Crippen MR) is 160 cm³/mol. The van der Waals surface area contributed by atoms with Crippen LogP contribution in [0.15, 0.2) is 59.1 Å². The number of carbonyl (C=O) groups is 3. The third-order valence-corrected chi connectivity index (χ3v) is 9.60. The van der Waals surface area contributed by atoms with Crippen molar-refractivity contribution in [3.05, 3.63) is 86.3 Å². The monoisotopic (exact) mass is 609 g/mol. The summed E-state index contributed by atoms with van der Waals surface area (Å²) in [6.45, 7) is 3.95. The maximum Gasteiger partial charge on any atom is 0.255 e. The van der Waals surface area contributed by atoms with Crippen LogP contribution in [0.3, 0.4) is 0 Å². The number of carbonyl (C=O) groups excluding carboxylic acids is 3. The normalized spacial score (nSPS) is 25.2. The third-order valence-electron chi connectivity index (χ3n) is 9.13. The molecule has 43 heavy (non-hydrogen) atoms. The summed E-state index contributed by atoms with van der Waals surface area (Å²) in [5.41, 5.74) is 3.83. The van der Waals surface area contributed by atoms with Gasteiger partial charge in [0.15, 0.2) is 11.4 Å². The zero-order chi connectivity index (χ0) is 31.4. The number of hydrogen-bond acceptors (Lipinski definition) is 9. The number of nitrogens with zero attached hydrogens (tertiary/aromatic N) is 2. The average molecular weight is 610 g/mol. The Morgan fingerprint density at radius 2 is 1.81 bits per heavy atom. The number of phenolic OH excluding ortho intramolecular Hbond substituents is 1. The van der Waals surface area contributed by atoms with E-state index in [2.05, 4.69) is 17.0 Å². The second-order valence-corrected chi connectivity index (χ2v) is 12.2. The molecule has 2 aromatic rings. The van der Waals surface area contributed by atoms with E-state index in [1.807, 2.05) is 25.1 Å². The fraction of sp³-hybridized carbons (Fsp3) is 0.406. The fourth-order valence-electron chi connectivity index (χ4n) is 6.99. The van der Waals surface area contributed by atoms with Crippen LogP contribution in [0.25, 0.3) is 0 Å². The highest BCUT2D eigenvalue weighted by Crippen LogP contribution is 2.53. The number of likely N-dealkylation sites (N-methyl/N-ethyl adjacent to an activating group) is 2. The number of halogens is 1. The number of primary amides is 1. The van der Waals surface area contributed by atoms with Gasteiger partial charge in [0.1, 0.15) is 22.8 Å². The van der Waals surface area contributed by atoms with E-state index in [1.54, 1.807) is 14.1 Å². The Kier molecular flexibility index (Phi) is 8.17. The van der Waals surface area contributed by atoms with Gasteiger partial charge in [-0.1, -0.05) is 48.9 Å².